The quantitative estimate of drug-likeness (QED) is 0.551. The smallest absolute Gasteiger partial charge is 1.00 e. The Kier molecular flexibility index (Phi) is 6.46. The van der Waals surface area contributed by atoms with E-state index in [0.717, 1.165) is 0 Å². The summed E-state index contributed by atoms with van der Waals surface area (Å²) in [5.41, 5.74) is 7.41. The van der Waals surface area contributed by atoms with Gasteiger partial charge in [0.1, 0.15) is 0 Å². The van der Waals surface area contributed by atoms with Gasteiger partial charge in [-0.15, -0.1) is 0 Å². The van der Waals surface area contributed by atoms with Crippen LogP contribution in [0.2, 0.25) is 0 Å². The van der Waals surface area contributed by atoms with Gasteiger partial charge >= 0.3 is 161 Å². The molecule has 0 saturated heterocycles. The number of allylic oxidation sites excluding steroid dienone is 5. The van der Waals surface area contributed by atoms with E-state index in [1.54, 1.807) is 3.28 Å². The topological polar surface area (TPSA) is 30.7 Å². The minimum absolute atomic E-state index is 0. The van der Waals surface area contributed by atoms with Crippen LogP contribution in [0.25, 0.3) is 6.08 Å². The Hall–Kier alpha value is -0.957. The van der Waals surface area contributed by atoms with E-state index in [-0.39, 0.29) is 33.5 Å². The first kappa shape index (κ1) is 22.3. The fraction of sp³-hybridized carbons (Fsp3) is 0.333. The van der Waals surface area contributed by atoms with Gasteiger partial charge in [0.25, 0.3) is 0 Å². The van der Waals surface area contributed by atoms with Crippen molar-refractivity contribution in [3.63, 3.8) is 0 Å². The molecule has 6 heteroatoms. The van der Waals surface area contributed by atoms with Gasteiger partial charge in [0, 0.05) is 0 Å². The van der Waals surface area contributed by atoms with E-state index in [9.17, 15) is 0 Å². The summed E-state index contributed by atoms with van der Waals surface area (Å²) in [6.07, 6.45) is 8.45. The maximum atomic E-state index is 4.12. The molecule has 0 amide bonds. The van der Waals surface area contributed by atoms with Crippen LogP contribution < -0.4 is 24.8 Å². The van der Waals surface area contributed by atoms with Gasteiger partial charge in [-0.2, -0.15) is 0 Å². The number of halogens is 2. The van der Waals surface area contributed by atoms with E-state index < -0.39 is 23.2 Å². The Morgan fingerprint density at radius 1 is 0.926 bits per heavy atom. The summed E-state index contributed by atoms with van der Waals surface area (Å²) in [5, 5.41) is 8.25. The first-order valence-corrected chi connectivity index (χ1v) is 11.2. The molecule has 0 bridgehead atoms. The molecule has 0 aliphatic heterocycles. The molecular weight excluding hydrogens is 456 g/mol. The SMILES string of the molecule is CC1=C(C)C(C)(C)[C]([Zr+2][C]2(n3cnnc3)C=Cc3ccccc32)=C1C.[Cl-].[Cl-]. The second-order valence-electron chi connectivity index (χ2n) is 7.56. The summed E-state index contributed by atoms with van der Waals surface area (Å²) in [4.78, 5) is 0. The van der Waals surface area contributed by atoms with Crippen LogP contribution in [0.15, 0.2) is 63.0 Å². The van der Waals surface area contributed by atoms with Gasteiger partial charge in [-0.3, -0.25) is 0 Å². The summed E-state index contributed by atoms with van der Waals surface area (Å²) >= 11 is -1.07. The Morgan fingerprint density at radius 3 is 2.15 bits per heavy atom. The number of rotatable bonds is 3. The number of hydrogen-bond acceptors (Lipinski definition) is 2. The predicted molar refractivity (Wildman–Crippen MR) is 97.4 cm³/mol. The molecule has 0 N–H and O–H groups in total. The summed E-state index contributed by atoms with van der Waals surface area (Å²) in [6.45, 7) is 11.7. The first-order chi connectivity index (χ1) is 11.9. The Balaban J connectivity index is 0.00000131. The van der Waals surface area contributed by atoms with Crippen LogP contribution in [0.3, 0.4) is 0 Å². The van der Waals surface area contributed by atoms with E-state index in [0.29, 0.717) is 0 Å². The van der Waals surface area contributed by atoms with E-state index in [1.807, 2.05) is 12.7 Å². The van der Waals surface area contributed by atoms with Crippen molar-refractivity contribution in [1.82, 2.24) is 14.8 Å². The molecule has 1 unspecified atom stereocenters. The minimum Gasteiger partial charge on any atom is -1.00 e. The van der Waals surface area contributed by atoms with Gasteiger partial charge in [0.05, 0.1) is 0 Å². The largest absolute Gasteiger partial charge is 1.00 e. The average molecular weight is 480 g/mol. The van der Waals surface area contributed by atoms with Gasteiger partial charge in [-0.05, 0) is 0 Å². The molecule has 0 fully saturated rings. The van der Waals surface area contributed by atoms with E-state index >= 15 is 0 Å². The molecule has 2 aromatic rings. The van der Waals surface area contributed by atoms with E-state index in [2.05, 4.69) is 85.8 Å². The third-order valence-corrected chi connectivity index (χ3v) is 11.8. The zero-order valence-corrected chi connectivity index (χ0v) is 20.2. The maximum absolute atomic E-state index is 4.12. The Bertz CT molecular complexity index is 942. The van der Waals surface area contributed by atoms with Crippen molar-refractivity contribution in [3.8, 4) is 0 Å². The van der Waals surface area contributed by atoms with Gasteiger partial charge in [-0.1, -0.05) is 0 Å². The van der Waals surface area contributed by atoms with Crippen molar-refractivity contribution in [2.75, 3.05) is 0 Å². The number of nitrogens with zero attached hydrogens (tertiary/aromatic N) is 3. The van der Waals surface area contributed by atoms with Gasteiger partial charge in [-0.25, -0.2) is 0 Å². The summed E-state index contributed by atoms with van der Waals surface area (Å²) in [5.74, 6) is 0. The van der Waals surface area contributed by atoms with Crippen molar-refractivity contribution in [2.45, 2.75) is 37.9 Å². The molecule has 1 aromatic carbocycles. The average Bonchev–Trinajstić information content (AvgIpc) is 3.29. The molecule has 1 atom stereocenters. The number of fused-ring (bicyclic) bond motifs is 1. The molecule has 4 rings (SSSR count). The Morgan fingerprint density at radius 2 is 1.56 bits per heavy atom. The molecule has 140 valence electrons. The second-order valence-corrected chi connectivity index (χ2v) is 11.3. The van der Waals surface area contributed by atoms with Crippen molar-refractivity contribution in [1.29, 1.82) is 0 Å². The molecule has 0 saturated carbocycles. The second kappa shape index (κ2) is 7.81. The van der Waals surface area contributed by atoms with E-state index in [4.69, 9.17) is 0 Å². The molecule has 2 aliphatic rings. The zero-order chi connectivity index (χ0) is 17.8. The van der Waals surface area contributed by atoms with Gasteiger partial charge < -0.3 is 24.8 Å². The Labute approximate surface area is 185 Å². The molecular formula is C21H23Cl2N3Zr. The summed E-state index contributed by atoms with van der Waals surface area (Å²) < 4.78 is 3.84. The molecule has 1 heterocycles. The van der Waals surface area contributed by atoms with Crippen molar-refractivity contribution in [3.05, 3.63) is 74.1 Å². The molecule has 0 spiro atoms. The van der Waals surface area contributed by atoms with Crippen molar-refractivity contribution in [2.24, 2.45) is 5.41 Å². The minimum atomic E-state index is -1.07. The van der Waals surface area contributed by atoms with Crippen LogP contribution >= 0.6 is 0 Å². The first-order valence-electron chi connectivity index (χ1n) is 8.69. The van der Waals surface area contributed by atoms with Gasteiger partial charge in [0.2, 0.25) is 0 Å². The number of aromatic nitrogens is 3. The monoisotopic (exact) mass is 477 g/mol. The van der Waals surface area contributed by atoms with Gasteiger partial charge in [0.15, 0.2) is 0 Å². The summed E-state index contributed by atoms with van der Waals surface area (Å²) in [6, 6.07) is 8.77. The molecule has 2 aliphatic carbocycles. The maximum Gasteiger partial charge on any atom is -1.00 e. The molecule has 0 radical (unpaired) electrons. The van der Waals surface area contributed by atoms with E-state index in [1.165, 1.54) is 27.8 Å². The summed E-state index contributed by atoms with van der Waals surface area (Å²) in [7, 11) is 0. The molecule has 1 aromatic heterocycles. The van der Waals surface area contributed by atoms with Crippen LogP contribution in [0.5, 0.6) is 0 Å². The van der Waals surface area contributed by atoms with Crippen molar-refractivity contribution < 1.29 is 48.0 Å². The third-order valence-electron chi connectivity index (χ3n) is 6.08. The third kappa shape index (κ3) is 3.24. The molecule has 3 nitrogen and oxygen atoms in total. The van der Waals surface area contributed by atoms with Crippen LogP contribution in [0.4, 0.5) is 0 Å². The predicted octanol–water partition coefficient (Wildman–Crippen LogP) is -1.25. The number of benzene rings is 1. The fourth-order valence-electron chi connectivity index (χ4n) is 4.11. The zero-order valence-electron chi connectivity index (χ0n) is 16.2. The molecule has 27 heavy (non-hydrogen) atoms. The fourth-order valence-corrected chi connectivity index (χ4v) is 9.09. The standard InChI is InChI=1S/C11H8N3.C10H15.2ClH.Zr/c1-2-4-10-9(3-1)5-6-11(10)14-7-12-13-8-14;1-7-6-10(4,5)9(3)8(7)2;;;/h1-8H;1-5H3;2*1H;/q;;;;+2/p-2. The number of hydrogen-bond donors (Lipinski definition) is 0. The van der Waals surface area contributed by atoms with Crippen LogP contribution in [-0.2, 0) is 26.5 Å². The van der Waals surface area contributed by atoms with Crippen LogP contribution in [-0.4, -0.2) is 14.8 Å². The van der Waals surface area contributed by atoms with Crippen LogP contribution in [0.1, 0.15) is 45.7 Å². The van der Waals surface area contributed by atoms with Crippen molar-refractivity contribution >= 4 is 6.08 Å². The normalized spacial score (nSPS) is 22.3. The van der Waals surface area contributed by atoms with Crippen LogP contribution in [0, 0.1) is 5.41 Å².